The first-order valence-corrected chi connectivity index (χ1v) is 14.1. The van der Waals surface area contributed by atoms with Crippen molar-refractivity contribution >= 4 is 35.0 Å². The maximum Gasteiger partial charge on any atom is 0.271 e. The maximum absolute atomic E-state index is 13.4. The zero-order chi connectivity index (χ0) is 28.5. The highest BCUT2D eigenvalue weighted by atomic mass is 32.1. The molecule has 0 saturated heterocycles. The Balaban J connectivity index is 1.55. The molecule has 0 unspecified atom stereocenters. The number of hydrogen-bond acceptors (Lipinski definition) is 9. The summed E-state index contributed by atoms with van der Waals surface area (Å²) in [5, 5.41) is 24.4. The quantitative estimate of drug-likeness (QED) is 0.338. The number of fused-ring (bicyclic) bond motifs is 2. The van der Waals surface area contributed by atoms with Crippen molar-refractivity contribution < 1.29 is 19.2 Å². The largest absolute Gasteiger partial charge is 0.354 e. The SMILES string of the molecule is CC(C)[C@H]1NC(=O)[C@@H](NC(=O)Cn2cnnn2)CCCCNC(=O)[C@@H](Cc2ccccc2)NC(=O)c2csc1n2. The van der Waals surface area contributed by atoms with Gasteiger partial charge in [0.2, 0.25) is 17.7 Å². The fourth-order valence-corrected chi connectivity index (χ4v) is 5.33. The van der Waals surface area contributed by atoms with E-state index in [4.69, 9.17) is 0 Å². The van der Waals surface area contributed by atoms with Gasteiger partial charge in [0.25, 0.3) is 5.91 Å². The highest BCUT2D eigenvalue weighted by Gasteiger charge is 2.29. The molecule has 14 heteroatoms. The third-order valence-corrected chi connectivity index (χ3v) is 7.38. The molecule has 4 N–H and O–H groups in total. The number of amides is 4. The number of tetrazole rings is 1. The predicted molar refractivity (Wildman–Crippen MR) is 146 cm³/mol. The molecule has 3 atom stereocenters. The van der Waals surface area contributed by atoms with Gasteiger partial charge in [0, 0.05) is 18.3 Å². The Morgan fingerprint density at radius 3 is 2.65 bits per heavy atom. The average molecular weight is 568 g/mol. The molecular formula is C26H33N9O4S. The van der Waals surface area contributed by atoms with Crippen LogP contribution in [-0.4, -0.2) is 67.4 Å². The van der Waals surface area contributed by atoms with Gasteiger partial charge in [-0.25, -0.2) is 9.67 Å². The molecule has 2 aromatic heterocycles. The summed E-state index contributed by atoms with van der Waals surface area (Å²) in [7, 11) is 0. The summed E-state index contributed by atoms with van der Waals surface area (Å²) >= 11 is 1.26. The van der Waals surface area contributed by atoms with Gasteiger partial charge in [-0.3, -0.25) is 19.2 Å². The highest BCUT2D eigenvalue weighted by molar-refractivity contribution is 7.09. The summed E-state index contributed by atoms with van der Waals surface area (Å²) in [6, 6.07) is 7.39. The van der Waals surface area contributed by atoms with Crippen LogP contribution in [0.1, 0.15) is 60.2 Å². The predicted octanol–water partition coefficient (Wildman–Crippen LogP) is 0.769. The van der Waals surface area contributed by atoms with Gasteiger partial charge in [-0.1, -0.05) is 44.2 Å². The van der Waals surface area contributed by atoms with Crippen LogP contribution in [0.25, 0.3) is 0 Å². The zero-order valence-electron chi connectivity index (χ0n) is 22.4. The minimum Gasteiger partial charge on any atom is -0.354 e. The summed E-state index contributed by atoms with van der Waals surface area (Å²) in [4.78, 5) is 56.7. The molecule has 0 saturated carbocycles. The molecule has 4 rings (SSSR count). The van der Waals surface area contributed by atoms with Crippen LogP contribution in [0.5, 0.6) is 0 Å². The van der Waals surface area contributed by atoms with Gasteiger partial charge < -0.3 is 21.3 Å². The number of hydrogen-bond donors (Lipinski definition) is 4. The van der Waals surface area contributed by atoms with Crippen molar-refractivity contribution in [3.8, 4) is 0 Å². The van der Waals surface area contributed by atoms with E-state index in [1.54, 1.807) is 5.38 Å². The number of carbonyl (C=O) groups is 4. The fraction of sp³-hybridized carbons (Fsp3) is 0.462. The first-order valence-electron chi connectivity index (χ1n) is 13.2. The third kappa shape index (κ3) is 7.91. The molecular weight excluding hydrogens is 534 g/mol. The summed E-state index contributed by atoms with van der Waals surface area (Å²) in [6.07, 6.45) is 3.15. The van der Waals surface area contributed by atoms with Crippen LogP contribution in [0.15, 0.2) is 42.0 Å². The third-order valence-electron chi connectivity index (χ3n) is 6.46. The Morgan fingerprint density at radius 2 is 1.93 bits per heavy atom. The lowest BCUT2D eigenvalue weighted by molar-refractivity contribution is -0.130. The first kappa shape index (κ1) is 28.8. The second kappa shape index (κ2) is 13.7. The van der Waals surface area contributed by atoms with E-state index in [1.807, 2.05) is 44.2 Å². The Kier molecular flexibility index (Phi) is 9.89. The zero-order valence-corrected chi connectivity index (χ0v) is 23.2. The number of carbonyl (C=O) groups excluding carboxylic acids is 4. The molecule has 0 aliphatic carbocycles. The van der Waals surface area contributed by atoms with Gasteiger partial charge in [-0.05, 0) is 41.2 Å². The molecule has 212 valence electrons. The fourth-order valence-electron chi connectivity index (χ4n) is 4.31. The van der Waals surface area contributed by atoms with E-state index in [-0.39, 0.29) is 30.0 Å². The van der Waals surface area contributed by atoms with Crippen LogP contribution < -0.4 is 21.3 Å². The number of rotatable bonds is 6. The minimum absolute atomic E-state index is 0.0425. The summed E-state index contributed by atoms with van der Waals surface area (Å²) in [5.74, 6) is -1.58. The van der Waals surface area contributed by atoms with E-state index in [0.29, 0.717) is 37.2 Å². The van der Waals surface area contributed by atoms with E-state index in [2.05, 4.69) is 41.8 Å². The lowest BCUT2D eigenvalue weighted by Gasteiger charge is -2.25. The number of nitrogens with one attached hydrogen (secondary N) is 4. The standard InChI is InChI=1S/C26H33N9O4S/c1-16(2)22-26-31-20(14-40-26)25(39)30-19(12-17-8-4-3-5-9-17)23(37)27-11-7-6-10-18(24(38)32-22)29-21(36)13-35-15-28-33-34-35/h3-5,8-9,14-16,18-19,22H,6-7,10-13H2,1-2H3,(H,27,37)(H,29,36)(H,30,39)(H,32,38)/t18-,19+,22+/m0/s1. The van der Waals surface area contributed by atoms with Crippen LogP contribution in [0.4, 0.5) is 0 Å². The topological polar surface area (TPSA) is 173 Å². The summed E-state index contributed by atoms with van der Waals surface area (Å²) in [5.41, 5.74) is 1.09. The van der Waals surface area contributed by atoms with E-state index in [0.717, 1.165) is 5.56 Å². The highest BCUT2D eigenvalue weighted by Crippen LogP contribution is 2.25. The van der Waals surface area contributed by atoms with E-state index in [9.17, 15) is 19.2 Å². The molecule has 1 aromatic carbocycles. The monoisotopic (exact) mass is 567 g/mol. The van der Waals surface area contributed by atoms with Crippen LogP contribution in [-0.2, 0) is 27.3 Å². The van der Waals surface area contributed by atoms with Crippen molar-refractivity contribution in [2.24, 2.45) is 5.92 Å². The number of thiazole rings is 1. The molecule has 13 nitrogen and oxygen atoms in total. The molecule has 0 radical (unpaired) electrons. The second-order valence-electron chi connectivity index (χ2n) is 9.93. The molecule has 3 aromatic rings. The van der Waals surface area contributed by atoms with Crippen molar-refractivity contribution in [1.82, 2.24) is 46.5 Å². The molecule has 3 heterocycles. The van der Waals surface area contributed by atoms with E-state index in [1.165, 1.54) is 22.3 Å². The molecule has 2 bridgehead atoms. The van der Waals surface area contributed by atoms with Crippen LogP contribution >= 0.6 is 11.3 Å². The van der Waals surface area contributed by atoms with Crippen molar-refractivity contribution in [2.45, 2.75) is 64.2 Å². The molecule has 0 fully saturated rings. The average Bonchev–Trinajstić information content (AvgIpc) is 3.63. The van der Waals surface area contributed by atoms with Crippen LogP contribution in [0, 0.1) is 5.92 Å². The maximum atomic E-state index is 13.4. The Morgan fingerprint density at radius 1 is 1.12 bits per heavy atom. The summed E-state index contributed by atoms with van der Waals surface area (Å²) in [6.45, 7) is 4.10. The molecule has 4 amide bonds. The molecule has 1 aliphatic rings. The molecule has 1 aliphatic heterocycles. The smallest absolute Gasteiger partial charge is 0.271 e. The van der Waals surface area contributed by atoms with Crippen molar-refractivity contribution in [1.29, 1.82) is 0 Å². The van der Waals surface area contributed by atoms with Gasteiger partial charge >= 0.3 is 0 Å². The lowest BCUT2D eigenvalue weighted by atomic mass is 10.0. The lowest BCUT2D eigenvalue weighted by Crippen LogP contribution is -2.49. The van der Waals surface area contributed by atoms with Gasteiger partial charge in [0.1, 0.15) is 35.7 Å². The minimum atomic E-state index is -0.817. The molecule has 0 spiro atoms. The Hall–Kier alpha value is -4.20. The second-order valence-corrected chi connectivity index (χ2v) is 10.8. The van der Waals surface area contributed by atoms with E-state index >= 15 is 0 Å². The summed E-state index contributed by atoms with van der Waals surface area (Å²) < 4.78 is 1.27. The van der Waals surface area contributed by atoms with E-state index < -0.39 is 29.9 Å². The van der Waals surface area contributed by atoms with Crippen molar-refractivity contribution in [3.63, 3.8) is 0 Å². The molecule has 40 heavy (non-hydrogen) atoms. The van der Waals surface area contributed by atoms with Crippen molar-refractivity contribution in [3.05, 3.63) is 58.3 Å². The normalized spacial score (nSPS) is 20.9. The van der Waals surface area contributed by atoms with Crippen LogP contribution in [0.3, 0.4) is 0 Å². The van der Waals surface area contributed by atoms with Gasteiger partial charge in [0.05, 0.1) is 6.04 Å². The van der Waals surface area contributed by atoms with Crippen molar-refractivity contribution in [2.75, 3.05) is 6.54 Å². The number of benzene rings is 1. The van der Waals surface area contributed by atoms with Gasteiger partial charge in [0.15, 0.2) is 0 Å². The number of aromatic nitrogens is 5. The van der Waals surface area contributed by atoms with Crippen LogP contribution in [0.2, 0.25) is 0 Å². The van der Waals surface area contributed by atoms with Gasteiger partial charge in [-0.2, -0.15) is 0 Å². The Labute approximate surface area is 235 Å². The van der Waals surface area contributed by atoms with Gasteiger partial charge in [-0.15, -0.1) is 16.4 Å². The first-order chi connectivity index (χ1) is 19.3. The number of nitrogens with zero attached hydrogens (tertiary/aromatic N) is 5. The Bertz CT molecular complexity index is 1300.